The molecule has 112 valence electrons. The lowest BCUT2D eigenvalue weighted by Crippen LogP contribution is -2.47. The third-order valence-electron chi connectivity index (χ3n) is 3.50. The van der Waals surface area contributed by atoms with Crippen molar-refractivity contribution in [2.45, 2.75) is 17.5 Å². The summed E-state index contributed by atoms with van der Waals surface area (Å²) in [5, 5.41) is 12.6. The van der Waals surface area contributed by atoms with Crippen LogP contribution in [-0.4, -0.2) is 40.3 Å². The van der Waals surface area contributed by atoms with E-state index in [0.29, 0.717) is 5.88 Å². The van der Waals surface area contributed by atoms with Crippen LogP contribution in [0, 0.1) is 11.3 Å². The Morgan fingerprint density at radius 1 is 1.33 bits per heavy atom. The molecule has 3 atom stereocenters. The number of nitrogens with one attached hydrogen (secondary N) is 1. The molecule has 3 rings (SSSR count). The van der Waals surface area contributed by atoms with Crippen molar-refractivity contribution in [3.63, 3.8) is 0 Å². The minimum absolute atomic E-state index is 0. The number of benzene rings is 1. The lowest BCUT2D eigenvalue weighted by molar-refractivity contribution is -0.132. The summed E-state index contributed by atoms with van der Waals surface area (Å²) < 4.78 is 0. The summed E-state index contributed by atoms with van der Waals surface area (Å²) in [5.74, 6) is 2.19. The van der Waals surface area contributed by atoms with E-state index < -0.39 is 0 Å². The third-order valence-corrected chi connectivity index (χ3v) is 5.78. The molecule has 0 bridgehead atoms. The third kappa shape index (κ3) is 3.49. The lowest BCUT2D eigenvalue weighted by atomic mass is 10.2. The van der Waals surface area contributed by atoms with Crippen molar-refractivity contribution in [2.24, 2.45) is 0 Å². The maximum Gasteiger partial charge on any atom is 0.242 e. The molecule has 0 aliphatic carbocycles. The van der Waals surface area contributed by atoms with E-state index in [1.165, 1.54) is 5.56 Å². The van der Waals surface area contributed by atoms with Gasteiger partial charge in [-0.25, -0.2) is 0 Å². The number of carbonyl (C=O) groups is 1. The number of carbonyl (C=O) groups excluding carboxylic acids is 1. The normalized spacial score (nSPS) is 28.0. The Hall–Kier alpha value is -0.870. The number of amides is 1. The molecule has 0 radical (unpaired) electrons. The highest BCUT2D eigenvalue weighted by molar-refractivity contribution is 8.00. The second-order valence-corrected chi connectivity index (χ2v) is 6.93. The predicted molar refractivity (Wildman–Crippen MR) is 89.4 cm³/mol. The van der Waals surface area contributed by atoms with Gasteiger partial charge in [0.1, 0.15) is 6.04 Å². The maximum absolute atomic E-state index is 12.5. The minimum atomic E-state index is -0.268. The smallest absolute Gasteiger partial charge is 0.242 e. The molecule has 7 heteroatoms. The summed E-state index contributed by atoms with van der Waals surface area (Å²) in [6.45, 7) is 0. The Kier molecular flexibility index (Phi) is 5.82. The van der Waals surface area contributed by atoms with Crippen molar-refractivity contribution < 1.29 is 4.79 Å². The molecule has 1 unspecified atom stereocenters. The van der Waals surface area contributed by atoms with Crippen LogP contribution < -0.4 is 5.32 Å². The standard InChI is InChI=1S/C14H15N3OS2.ClH/c15-6-11-7-19-9-17(11)14(18)12-8-20-13(16-12)10-4-2-1-3-5-10;/h1-5,11-13,16H,7-9H2;1H/t11-,12+,13?;/m1./s1. The van der Waals surface area contributed by atoms with Gasteiger partial charge in [0.25, 0.3) is 0 Å². The Morgan fingerprint density at radius 2 is 2.10 bits per heavy atom. The first-order valence-electron chi connectivity index (χ1n) is 6.50. The number of nitrogens with zero attached hydrogens (tertiary/aromatic N) is 2. The fourth-order valence-electron chi connectivity index (χ4n) is 2.40. The minimum Gasteiger partial charge on any atom is -0.315 e. The average molecular weight is 342 g/mol. The molecule has 1 amide bonds. The van der Waals surface area contributed by atoms with Crippen molar-refractivity contribution in [2.75, 3.05) is 17.4 Å². The van der Waals surface area contributed by atoms with Gasteiger partial charge in [-0.1, -0.05) is 30.3 Å². The molecule has 1 aromatic rings. The fraction of sp³-hybridized carbons (Fsp3) is 0.429. The van der Waals surface area contributed by atoms with Crippen LogP contribution in [0.2, 0.25) is 0 Å². The molecule has 0 saturated carbocycles. The first kappa shape index (κ1) is 16.5. The number of halogens is 1. The first-order chi connectivity index (χ1) is 9.79. The van der Waals surface area contributed by atoms with E-state index in [2.05, 4.69) is 23.5 Å². The fourth-order valence-corrected chi connectivity index (χ4v) is 4.72. The molecule has 2 aliphatic heterocycles. The molecule has 2 saturated heterocycles. The van der Waals surface area contributed by atoms with Gasteiger partial charge in [0.05, 0.1) is 23.4 Å². The van der Waals surface area contributed by atoms with Crippen LogP contribution in [0.4, 0.5) is 0 Å². The van der Waals surface area contributed by atoms with E-state index >= 15 is 0 Å². The second-order valence-electron chi connectivity index (χ2n) is 4.80. The highest BCUT2D eigenvalue weighted by atomic mass is 35.5. The van der Waals surface area contributed by atoms with Crippen LogP contribution in [0.25, 0.3) is 0 Å². The number of thioether (sulfide) groups is 2. The number of rotatable bonds is 2. The average Bonchev–Trinajstić information content (AvgIpc) is 3.16. The lowest BCUT2D eigenvalue weighted by Gasteiger charge is -2.22. The molecule has 0 aromatic heterocycles. The monoisotopic (exact) mass is 341 g/mol. The molecule has 21 heavy (non-hydrogen) atoms. The van der Waals surface area contributed by atoms with Crippen LogP contribution in [-0.2, 0) is 4.79 Å². The van der Waals surface area contributed by atoms with Gasteiger partial charge in [0.2, 0.25) is 5.91 Å². The molecule has 1 N–H and O–H groups in total. The summed E-state index contributed by atoms with van der Waals surface area (Å²) in [5.41, 5.74) is 1.19. The van der Waals surface area contributed by atoms with Crippen LogP contribution >= 0.6 is 35.9 Å². The van der Waals surface area contributed by atoms with Crippen LogP contribution in [0.15, 0.2) is 30.3 Å². The van der Waals surface area contributed by atoms with Crippen molar-refractivity contribution in [1.82, 2.24) is 10.2 Å². The van der Waals surface area contributed by atoms with E-state index in [0.717, 1.165) is 11.5 Å². The topological polar surface area (TPSA) is 56.1 Å². The van der Waals surface area contributed by atoms with Gasteiger partial charge < -0.3 is 4.90 Å². The zero-order valence-corrected chi connectivity index (χ0v) is 13.7. The van der Waals surface area contributed by atoms with Crippen molar-refractivity contribution in [3.05, 3.63) is 35.9 Å². The Labute approximate surface area is 139 Å². The Bertz CT molecular complexity index is 537. The SMILES string of the molecule is Cl.N#C[C@@H]1CSCN1C(=O)[C@@H]1CSC(c2ccccc2)N1. The van der Waals surface area contributed by atoms with E-state index in [9.17, 15) is 4.79 Å². The maximum atomic E-state index is 12.5. The zero-order chi connectivity index (χ0) is 13.9. The van der Waals surface area contributed by atoms with Gasteiger partial charge in [0.15, 0.2) is 0 Å². The predicted octanol–water partition coefficient (Wildman–Crippen LogP) is 2.24. The Balaban J connectivity index is 0.00000161. The van der Waals surface area contributed by atoms with Gasteiger partial charge in [-0.15, -0.1) is 35.9 Å². The van der Waals surface area contributed by atoms with E-state index in [-0.39, 0.29) is 35.8 Å². The van der Waals surface area contributed by atoms with Gasteiger partial charge in [0, 0.05) is 11.5 Å². The summed E-state index contributed by atoms with van der Waals surface area (Å²) in [7, 11) is 0. The molecule has 2 heterocycles. The molecular weight excluding hydrogens is 326 g/mol. The number of hydrogen-bond acceptors (Lipinski definition) is 5. The highest BCUT2D eigenvalue weighted by Crippen LogP contribution is 2.34. The Morgan fingerprint density at radius 3 is 2.81 bits per heavy atom. The van der Waals surface area contributed by atoms with Gasteiger partial charge >= 0.3 is 0 Å². The van der Waals surface area contributed by atoms with E-state index in [4.69, 9.17) is 5.26 Å². The number of hydrogen-bond donors (Lipinski definition) is 1. The van der Waals surface area contributed by atoms with Gasteiger partial charge in [-0.2, -0.15) is 5.26 Å². The van der Waals surface area contributed by atoms with Gasteiger partial charge in [-0.3, -0.25) is 10.1 Å². The van der Waals surface area contributed by atoms with Crippen LogP contribution in [0.1, 0.15) is 10.9 Å². The van der Waals surface area contributed by atoms with Crippen molar-refractivity contribution >= 4 is 41.8 Å². The summed E-state index contributed by atoms with van der Waals surface area (Å²) in [6.07, 6.45) is 0. The first-order valence-corrected chi connectivity index (χ1v) is 8.70. The van der Waals surface area contributed by atoms with Crippen molar-refractivity contribution in [1.29, 1.82) is 5.26 Å². The zero-order valence-electron chi connectivity index (χ0n) is 11.3. The summed E-state index contributed by atoms with van der Waals surface area (Å²) in [6, 6.07) is 11.9. The summed E-state index contributed by atoms with van der Waals surface area (Å²) in [4.78, 5) is 14.2. The van der Waals surface area contributed by atoms with Crippen molar-refractivity contribution in [3.8, 4) is 6.07 Å². The van der Waals surface area contributed by atoms with Crippen LogP contribution in [0.5, 0.6) is 0 Å². The van der Waals surface area contributed by atoms with Crippen LogP contribution in [0.3, 0.4) is 0 Å². The highest BCUT2D eigenvalue weighted by Gasteiger charge is 2.37. The molecule has 0 spiro atoms. The number of nitriles is 1. The largest absolute Gasteiger partial charge is 0.315 e. The quantitative estimate of drug-likeness (QED) is 0.894. The molecule has 4 nitrogen and oxygen atoms in total. The molecule has 2 aliphatic rings. The molecular formula is C14H16ClN3OS2. The summed E-state index contributed by atoms with van der Waals surface area (Å²) >= 11 is 3.40. The van der Waals surface area contributed by atoms with E-state index in [1.807, 2.05) is 18.2 Å². The van der Waals surface area contributed by atoms with Gasteiger partial charge in [-0.05, 0) is 5.56 Å². The molecule has 2 fully saturated rings. The second kappa shape index (κ2) is 7.41. The van der Waals surface area contributed by atoms with E-state index in [1.54, 1.807) is 28.4 Å². The molecule has 1 aromatic carbocycles.